The zero-order valence-electron chi connectivity index (χ0n) is 10.9. The average Bonchev–Trinajstić information content (AvgIpc) is 2.83. The van der Waals surface area contributed by atoms with Crippen LogP contribution in [-0.4, -0.2) is 4.98 Å². The lowest BCUT2D eigenvalue weighted by atomic mass is 10.0. The average molecular weight is 322 g/mol. The topological polar surface area (TPSA) is 12.9 Å². The molecule has 1 atom stereocenters. The molecule has 0 N–H and O–H groups in total. The largest absolute Gasteiger partial charge is 0.241 e. The van der Waals surface area contributed by atoms with Crippen molar-refractivity contribution in [3.8, 4) is 0 Å². The Morgan fingerprint density at radius 3 is 2.80 bits per heavy atom. The first kappa shape index (κ1) is 13.9. The Kier molecular flexibility index (Phi) is 3.97. The Morgan fingerprint density at radius 2 is 2.00 bits per heavy atom. The molecule has 4 heteroatoms. The second-order valence-corrected chi connectivity index (χ2v) is 6.83. The van der Waals surface area contributed by atoms with Gasteiger partial charge in [-0.05, 0) is 42.3 Å². The molecule has 0 amide bonds. The molecule has 0 aliphatic heterocycles. The van der Waals surface area contributed by atoms with E-state index in [2.05, 4.69) is 18.0 Å². The number of alkyl halides is 1. The van der Waals surface area contributed by atoms with Crippen LogP contribution in [0.2, 0.25) is 5.02 Å². The Morgan fingerprint density at radius 1 is 1.20 bits per heavy atom. The lowest BCUT2D eigenvalue weighted by molar-refractivity contribution is 0.902. The summed E-state index contributed by atoms with van der Waals surface area (Å²) in [6.45, 7) is 2.05. The quantitative estimate of drug-likeness (QED) is 0.557. The maximum Gasteiger partial charge on any atom is 0.0956 e. The molecule has 0 saturated heterocycles. The van der Waals surface area contributed by atoms with Crippen molar-refractivity contribution in [2.24, 2.45) is 0 Å². The maximum absolute atomic E-state index is 6.55. The number of benzene rings is 2. The van der Waals surface area contributed by atoms with Crippen molar-refractivity contribution in [1.29, 1.82) is 0 Å². The van der Waals surface area contributed by atoms with Crippen molar-refractivity contribution in [2.75, 3.05) is 0 Å². The van der Waals surface area contributed by atoms with Crippen LogP contribution in [0.25, 0.3) is 10.2 Å². The zero-order valence-corrected chi connectivity index (χ0v) is 13.3. The van der Waals surface area contributed by atoms with Crippen molar-refractivity contribution in [3.63, 3.8) is 0 Å². The van der Waals surface area contributed by atoms with Gasteiger partial charge in [-0.1, -0.05) is 29.8 Å². The molecular weight excluding hydrogens is 309 g/mol. The molecule has 3 aromatic rings. The first-order chi connectivity index (χ1) is 9.63. The Hall–Kier alpha value is -1.09. The van der Waals surface area contributed by atoms with E-state index in [1.54, 1.807) is 11.3 Å². The number of halogens is 2. The van der Waals surface area contributed by atoms with Gasteiger partial charge in [0.2, 0.25) is 0 Å². The summed E-state index contributed by atoms with van der Waals surface area (Å²) in [7, 11) is 0. The number of para-hydroxylation sites is 1. The fourth-order valence-electron chi connectivity index (χ4n) is 2.22. The Labute approximate surface area is 132 Å². The number of fused-ring (bicyclic) bond motifs is 1. The van der Waals surface area contributed by atoms with E-state index < -0.39 is 0 Å². The molecule has 0 radical (unpaired) electrons. The molecule has 0 aliphatic carbocycles. The predicted octanol–water partition coefficient (Wildman–Crippen LogP) is 5.78. The minimum absolute atomic E-state index is 0.103. The van der Waals surface area contributed by atoms with Gasteiger partial charge in [0.25, 0.3) is 0 Å². The molecule has 20 heavy (non-hydrogen) atoms. The van der Waals surface area contributed by atoms with Crippen molar-refractivity contribution in [2.45, 2.75) is 18.7 Å². The Bertz CT molecular complexity index is 718. The van der Waals surface area contributed by atoms with E-state index in [1.165, 1.54) is 4.70 Å². The number of aromatic nitrogens is 1. The minimum atomic E-state index is -0.103. The molecule has 1 aromatic heterocycles. The summed E-state index contributed by atoms with van der Waals surface area (Å²) in [5, 5.41) is 1.68. The normalized spacial score (nSPS) is 12.8. The smallest absolute Gasteiger partial charge is 0.0956 e. The first-order valence-corrected chi connectivity index (χ1v) is 8.01. The molecule has 1 nitrogen and oxygen atoms in total. The Balaban J connectivity index is 1.88. The van der Waals surface area contributed by atoms with Gasteiger partial charge in [-0.3, -0.25) is 0 Å². The van der Waals surface area contributed by atoms with Gasteiger partial charge < -0.3 is 0 Å². The van der Waals surface area contributed by atoms with Gasteiger partial charge in [0.15, 0.2) is 0 Å². The summed E-state index contributed by atoms with van der Waals surface area (Å²) in [6, 6.07) is 14.0. The molecular formula is C16H13Cl2NS. The first-order valence-electron chi connectivity index (χ1n) is 6.38. The third kappa shape index (κ3) is 2.83. The van der Waals surface area contributed by atoms with Crippen LogP contribution >= 0.6 is 34.5 Å². The number of nitrogens with zero attached hydrogens (tertiary/aromatic N) is 1. The molecule has 102 valence electrons. The summed E-state index contributed by atoms with van der Waals surface area (Å²) in [6.07, 6.45) is 0.724. The van der Waals surface area contributed by atoms with Gasteiger partial charge >= 0.3 is 0 Å². The molecule has 0 spiro atoms. The summed E-state index contributed by atoms with van der Waals surface area (Å²) in [4.78, 5) is 4.63. The molecule has 1 unspecified atom stereocenters. The van der Waals surface area contributed by atoms with Crippen molar-refractivity contribution in [3.05, 3.63) is 63.6 Å². The molecule has 2 aromatic carbocycles. The number of aryl methyl sites for hydroxylation is 1. The van der Waals surface area contributed by atoms with E-state index in [-0.39, 0.29) is 5.38 Å². The molecule has 0 bridgehead atoms. The molecule has 3 rings (SSSR count). The predicted molar refractivity (Wildman–Crippen MR) is 88.1 cm³/mol. The highest BCUT2D eigenvalue weighted by molar-refractivity contribution is 7.18. The zero-order chi connectivity index (χ0) is 14.1. The van der Waals surface area contributed by atoms with Crippen LogP contribution in [0.15, 0.2) is 42.5 Å². The lowest BCUT2D eigenvalue weighted by Gasteiger charge is -2.11. The fourth-order valence-corrected chi connectivity index (χ4v) is 3.89. The molecule has 0 aliphatic rings. The van der Waals surface area contributed by atoms with E-state index >= 15 is 0 Å². The van der Waals surface area contributed by atoms with Crippen LogP contribution in [0.5, 0.6) is 0 Å². The van der Waals surface area contributed by atoms with E-state index in [4.69, 9.17) is 23.2 Å². The SMILES string of the molecule is Cc1ccc(Cl)cc1C(Cl)Cc1nc2ccccc2s1. The second-order valence-electron chi connectivity index (χ2n) is 4.75. The van der Waals surface area contributed by atoms with E-state index in [1.807, 2.05) is 36.4 Å². The molecule has 1 heterocycles. The number of rotatable bonds is 3. The van der Waals surface area contributed by atoms with Crippen molar-refractivity contribution in [1.82, 2.24) is 4.98 Å². The number of thiazole rings is 1. The standard InChI is InChI=1S/C16H13Cl2NS/c1-10-6-7-11(17)8-12(10)13(18)9-16-19-14-4-2-3-5-15(14)20-16/h2-8,13H,9H2,1H3. The number of hydrogen-bond acceptors (Lipinski definition) is 2. The second kappa shape index (κ2) is 5.72. The lowest BCUT2D eigenvalue weighted by Crippen LogP contribution is -1.98. The molecule has 0 fully saturated rings. The highest BCUT2D eigenvalue weighted by atomic mass is 35.5. The molecule has 0 saturated carbocycles. The van der Waals surface area contributed by atoms with Crippen LogP contribution in [0, 0.1) is 6.92 Å². The van der Waals surface area contributed by atoms with Gasteiger partial charge in [-0.25, -0.2) is 4.98 Å². The van der Waals surface area contributed by atoms with Crippen molar-refractivity contribution >= 4 is 44.8 Å². The van der Waals surface area contributed by atoms with Crippen LogP contribution in [0.3, 0.4) is 0 Å². The van der Waals surface area contributed by atoms with Gasteiger partial charge in [-0.2, -0.15) is 0 Å². The number of hydrogen-bond donors (Lipinski definition) is 0. The summed E-state index contributed by atoms with van der Waals surface area (Å²) < 4.78 is 1.20. The highest BCUT2D eigenvalue weighted by Gasteiger charge is 2.14. The third-order valence-electron chi connectivity index (χ3n) is 3.27. The highest BCUT2D eigenvalue weighted by Crippen LogP contribution is 2.32. The van der Waals surface area contributed by atoms with Gasteiger partial charge in [0.1, 0.15) is 0 Å². The van der Waals surface area contributed by atoms with Gasteiger partial charge in [0.05, 0.1) is 20.6 Å². The van der Waals surface area contributed by atoms with E-state index in [9.17, 15) is 0 Å². The summed E-state index contributed by atoms with van der Waals surface area (Å²) in [5.74, 6) is 0. The fraction of sp³-hybridized carbons (Fsp3) is 0.188. The monoisotopic (exact) mass is 321 g/mol. The third-order valence-corrected chi connectivity index (χ3v) is 4.95. The van der Waals surface area contributed by atoms with Gasteiger partial charge in [0, 0.05) is 11.4 Å². The van der Waals surface area contributed by atoms with Crippen LogP contribution in [0.1, 0.15) is 21.5 Å². The van der Waals surface area contributed by atoms with Gasteiger partial charge in [-0.15, -0.1) is 22.9 Å². The maximum atomic E-state index is 6.55. The van der Waals surface area contributed by atoms with Crippen LogP contribution < -0.4 is 0 Å². The van der Waals surface area contributed by atoms with Crippen molar-refractivity contribution < 1.29 is 0 Å². The van der Waals surface area contributed by atoms with E-state index in [0.717, 1.165) is 33.1 Å². The van der Waals surface area contributed by atoms with Crippen LogP contribution in [-0.2, 0) is 6.42 Å². The van der Waals surface area contributed by atoms with Crippen LogP contribution in [0.4, 0.5) is 0 Å². The van der Waals surface area contributed by atoms with E-state index in [0.29, 0.717) is 0 Å². The minimum Gasteiger partial charge on any atom is -0.241 e. The summed E-state index contributed by atoms with van der Waals surface area (Å²) in [5.41, 5.74) is 3.29. The summed E-state index contributed by atoms with van der Waals surface area (Å²) >= 11 is 14.3.